The van der Waals surface area contributed by atoms with Crippen molar-refractivity contribution in [2.75, 3.05) is 18.8 Å². The monoisotopic (exact) mass is 182 g/mol. The minimum absolute atomic E-state index is 0.170. The Hall–Kier alpha value is -1.10. The Balaban J connectivity index is 1.89. The second kappa shape index (κ2) is 3.74. The first-order valence-electron chi connectivity index (χ1n) is 4.63. The fraction of sp³-hybridized carbons (Fsp3) is 0.750. The summed E-state index contributed by atoms with van der Waals surface area (Å²) in [6.07, 6.45) is 3.23. The van der Waals surface area contributed by atoms with Gasteiger partial charge in [0.2, 0.25) is 5.89 Å². The molecule has 1 saturated heterocycles. The van der Waals surface area contributed by atoms with Crippen molar-refractivity contribution in [3.63, 3.8) is 0 Å². The number of piperidine rings is 1. The number of nitrogens with two attached hydrogens (primary N) is 1. The number of anilines is 1. The Bertz CT molecular complexity index is 267. The van der Waals surface area contributed by atoms with Crippen molar-refractivity contribution in [3.05, 3.63) is 5.89 Å². The molecule has 2 heterocycles. The van der Waals surface area contributed by atoms with Crippen molar-refractivity contribution in [2.24, 2.45) is 5.92 Å². The van der Waals surface area contributed by atoms with Crippen LogP contribution in [0.4, 0.5) is 6.01 Å². The van der Waals surface area contributed by atoms with Gasteiger partial charge in [-0.3, -0.25) is 0 Å². The maximum absolute atomic E-state index is 5.33. The molecular formula is C8H14N4O. The number of hydrogen-bond donors (Lipinski definition) is 2. The van der Waals surface area contributed by atoms with Gasteiger partial charge in [0.1, 0.15) is 0 Å². The molecule has 0 unspecified atom stereocenters. The van der Waals surface area contributed by atoms with Gasteiger partial charge in [-0.05, 0) is 31.8 Å². The quantitative estimate of drug-likeness (QED) is 0.683. The Labute approximate surface area is 76.7 Å². The van der Waals surface area contributed by atoms with E-state index in [9.17, 15) is 0 Å². The van der Waals surface area contributed by atoms with Crippen molar-refractivity contribution in [3.8, 4) is 0 Å². The third-order valence-electron chi connectivity index (χ3n) is 2.40. The van der Waals surface area contributed by atoms with Crippen LogP contribution in [0.5, 0.6) is 0 Å². The molecule has 13 heavy (non-hydrogen) atoms. The van der Waals surface area contributed by atoms with Gasteiger partial charge in [-0.15, -0.1) is 5.10 Å². The van der Waals surface area contributed by atoms with Gasteiger partial charge in [-0.1, -0.05) is 5.10 Å². The maximum Gasteiger partial charge on any atom is 0.312 e. The largest absolute Gasteiger partial charge is 0.408 e. The summed E-state index contributed by atoms with van der Waals surface area (Å²) >= 11 is 0. The molecule has 0 aromatic carbocycles. The standard InChI is InChI=1S/C8H14N4O/c9-8-12-11-7(13-8)5-6-1-3-10-4-2-6/h6,10H,1-5H2,(H2,9,12). The summed E-state index contributed by atoms with van der Waals surface area (Å²) < 4.78 is 5.12. The highest BCUT2D eigenvalue weighted by Crippen LogP contribution is 2.17. The van der Waals surface area contributed by atoms with E-state index in [-0.39, 0.29) is 6.01 Å². The predicted octanol–water partition coefficient (Wildman–Crippen LogP) is 0.194. The first-order chi connectivity index (χ1) is 6.34. The van der Waals surface area contributed by atoms with Crippen molar-refractivity contribution < 1.29 is 4.42 Å². The smallest absolute Gasteiger partial charge is 0.312 e. The summed E-state index contributed by atoms with van der Waals surface area (Å²) in [6, 6.07) is 0.170. The van der Waals surface area contributed by atoms with Crippen LogP contribution in [0.1, 0.15) is 18.7 Å². The number of nitrogens with one attached hydrogen (secondary N) is 1. The molecule has 0 atom stereocenters. The molecule has 0 radical (unpaired) electrons. The molecule has 1 aliphatic rings. The summed E-state index contributed by atoms with van der Waals surface area (Å²) in [7, 11) is 0. The average molecular weight is 182 g/mol. The number of aromatic nitrogens is 2. The topological polar surface area (TPSA) is 77.0 Å². The molecule has 1 aromatic rings. The first-order valence-corrected chi connectivity index (χ1v) is 4.63. The molecule has 3 N–H and O–H groups in total. The first kappa shape index (κ1) is 8.50. The normalized spacial score (nSPS) is 19.1. The lowest BCUT2D eigenvalue weighted by Gasteiger charge is -2.20. The van der Waals surface area contributed by atoms with E-state index in [1.54, 1.807) is 0 Å². The lowest BCUT2D eigenvalue weighted by atomic mass is 9.95. The Morgan fingerprint density at radius 2 is 2.15 bits per heavy atom. The van der Waals surface area contributed by atoms with E-state index < -0.39 is 0 Å². The van der Waals surface area contributed by atoms with Gasteiger partial charge in [-0.25, -0.2) is 0 Å². The minimum atomic E-state index is 0.170. The predicted molar refractivity (Wildman–Crippen MR) is 48.0 cm³/mol. The third kappa shape index (κ3) is 2.18. The highest BCUT2D eigenvalue weighted by atomic mass is 16.4. The van der Waals surface area contributed by atoms with Crippen LogP contribution in [0.3, 0.4) is 0 Å². The van der Waals surface area contributed by atoms with Gasteiger partial charge in [0.25, 0.3) is 0 Å². The summed E-state index contributed by atoms with van der Waals surface area (Å²) in [5.74, 6) is 1.34. The molecule has 0 saturated carbocycles. The van der Waals surface area contributed by atoms with Crippen LogP contribution in [0.2, 0.25) is 0 Å². The molecule has 0 aliphatic carbocycles. The minimum Gasteiger partial charge on any atom is -0.408 e. The zero-order chi connectivity index (χ0) is 9.10. The fourth-order valence-electron chi connectivity index (χ4n) is 1.68. The number of rotatable bonds is 2. The zero-order valence-corrected chi connectivity index (χ0v) is 7.49. The second-order valence-corrected chi connectivity index (χ2v) is 3.43. The van der Waals surface area contributed by atoms with Crippen molar-refractivity contribution in [1.29, 1.82) is 0 Å². The van der Waals surface area contributed by atoms with Crippen LogP contribution in [0, 0.1) is 5.92 Å². The van der Waals surface area contributed by atoms with Crippen LogP contribution < -0.4 is 11.1 Å². The molecular weight excluding hydrogens is 168 g/mol. The summed E-state index contributed by atoms with van der Waals surface area (Å²) in [6.45, 7) is 2.18. The molecule has 0 amide bonds. The molecule has 5 heteroatoms. The van der Waals surface area contributed by atoms with Crippen LogP contribution in [0.15, 0.2) is 4.42 Å². The van der Waals surface area contributed by atoms with Gasteiger partial charge >= 0.3 is 6.01 Å². The van der Waals surface area contributed by atoms with Crippen molar-refractivity contribution in [1.82, 2.24) is 15.5 Å². The lowest BCUT2D eigenvalue weighted by Crippen LogP contribution is -2.28. The van der Waals surface area contributed by atoms with E-state index >= 15 is 0 Å². The molecule has 5 nitrogen and oxygen atoms in total. The van der Waals surface area contributed by atoms with Crippen molar-refractivity contribution in [2.45, 2.75) is 19.3 Å². The SMILES string of the molecule is Nc1nnc(CC2CCNCC2)o1. The van der Waals surface area contributed by atoms with E-state index in [0.717, 1.165) is 19.5 Å². The molecule has 2 rings (SSSR count). The summed E-state index contributed by atoms with van der Waals surface area (Å²) in [4.78, 5) is 0. The van der Waals surface area contributed by atoms with E-state index in [1.807, 2.05) is 0 Å². The Morgan fingerprint density at radius 3 is 2.77 bits per heavy atom. The Kier molecular flexibility index (Phi) is 2.44. The highest BCUT2D eigenvalue weighted by Gasteiger charge is 2.16. The maximum atomic E-state index is 5.33. The van der Waals surface area contributed by atoms with Crippen LogP contribution in [-0.4, -0.2) is 23.3 Å². The van der Waals surface area contributed by atoms with Crippen LogP contribution >= 0.6 is 0 Å². The fourth-order valence-corrected chi connectivity index (χ4v) is 1.68. The molecule has 1 fully saturated rings. The number of hydrogen-bond acceptors (Lipinski definition) is 5. The van der Waals surface area contributed by atoms with Gasteiger partial charge in [0, 0.05) is 6.42 Å². The van der Waals surface area contributed by atoms with Gasteiger partial charge in [0.15, 0.2) is 0 Å². The van der Waals surface area contributed by atoms with E-state index in [1.165, 1.54) is 12.8 Å². The summed E-state index contributed by atoms with van der Waals surface area (Å²) in [5.41, 5.74) is 5.33. The van der Waals surface area contributed by atoms with E-state index in [2.05, 4.69) is 15.5 Å². The van der Waals surface area contributed by atoms with E-state index in [0.29, 0.717) is 11.8 Å². The number of nitrogen functional groups attached to an aromatic ring is 1. The molecule has 1 aliphatic heterocycles. The van der Waals surface area contributed by atoms with E-state index in [4.69, 9.17) is 10.2 Å². The summed E-state index contributed by atoms with van der Waals surface area (Å²) in [5, 5.41) is 10.8. The van der Waals surface area contributed by atoms with Gasteiger partial charge in [-0.2, -0.15) is 0 Å². The molecule has 1 aromatic heterocycles. The zero-order valence-electron chi connectivity index (χ0n) is 7.49. The van der Waals surface area contributed by atoms with Gasteiger partial charge < -0.3 is 15.5 Å². The highest BCUT2D eigenvalue weighted by molar-refractivity contribution is 5.05. The average Bonchev–Trinajstić information content (AvgIpc) is 2.53. The van der Waals surface area contributed by atoms with Gasteiger partial charge in [0.05, 0.1) is 0 Å². The number of nitrogens with zero attached hydrogens (tertiary/aromatic N) is 2. The van der Waals surface area contributed by atoms with Crippen molar-refractivity contribution >= 4 is 6.01 Å². The lowest BCUT2D eigenvalue weighted by molar-refractivity contribution is 0.344. The molecule has 0 spiro atoms. The Morgan fingerprint density at radius 1 is 1.38 bits per heavy atom. The van der Waals surface area contributed by atoms with Crippen LogP contribution in [-0.2, 0) is 6.42 Å². The van der Waals surface area contributed by atoms with Crippen LogP contribution in [0.25, 0.3) is 0 Å². The molecule has 0 bridgehead atoms. The molecule has 72 valence electrons. The second-order valence-electron chi connectivity index (χ2n) is 3.43. The third-order valence-corrected chi connectivity index (χ3v) is 2.40.